The van der Waals surface area contributed by atoms with E-state index in [1.165, 1.54) is 0 Å². The van der Waals surface area contributed by atoms with Crippen LogP contribution in [-0.4, -0.2) is 41.1 Å². The first-order chi connectivity index (χ1) is 8.27. The molecule has 1 aromatic heterocycles. The largest absolute Gasteiger partial charge is 0.307 e. The van der Waals surface area contributed by atoms with E-state index in [4.69, 9.17) is 23.2 Å². The highest BCUT2D eigenvalue weighted by Crippen LogP contribution is 2.24. The van der Waals surface area contributed by atoms with Crippen molar-refractivity contribution < 1.29 is 17.1 Å². The number of carbonyl (C=O) groups excluding carboxylic acids is 1. The number of aromatic nitrogens is 3. The normalized spacial score (nSPS) is 20.5. The number of nitrogens with zero attached hydrogens (tertiary/aromatic N) is 4. The van der Waals surface area contributed by atoms with Gasteiger partial charge in [-0.25, -0.2) is 0 Å². The molecule has 1 unspecified atom stereocenters. The van der Waals surface area contributed by atoms with Crippen LogP contribution >= 0.6 is 23.2 Å². The van der Waals surface area contributed by atoms with E-state index in [1.54, 1.807) is 0 Å². The lowest BCUT2D eigenvalue weighted by molar-refractivity contribution is -0.117. The number of anilines is 1. The van der Waals surface area contributed by atoms with Crippen LogP contribution in [0.1, 0.15) is 6.42 Å². The first-order valence-electron chi connectivity index (χ1n) is 4.58. The van der Waals surface area contributed by atoms with Gasteiger partial charge in [0.1, 0.15) is 5.25 Å². The summed E-state index contributed by atoms with van der Waals surface area (Å²) in [5.74, 6) is -0.823. The molecule has 0 aromatic carbocycles. The molecule has 1 atom stereocenters. The van der Waals surface area contributed by atoms with Crippen molar-refractivity contribution in [3.8, 4) is 0 Å². The molecule has 11 heteroatoms. The van der Waals surface area contributed by atoms with Gasteiger partial charge in [0.05, 0.1) is 0 Å². The fourth-order valence-electron chi connectivity index (χ4n) is 1.49. The number of amides is 1. The summed E-state index contributed by atoms with van der Waals surface area (Å²) in [6.07, 6.45) is -0.472. The van der Waals surface area contributed by atoms with Crippen molar-refractivity contribution in [1.29, 1.82) is 0 Å². The maximum Gasteiger partial charge on any atom is 0.307 e. The first kappa shape index (κ1) is 13.4. The monoisotopic (exact) mass is 314 g/mol. The van der Waals surface area contributed by atoms with E-state index >= 15 is 0 Å². The molecule has 1 aliphatic rings. The van der Waals surface area contributed by atoms with Gasteiger partial charge in [0.25, 0.3) is 0 Å². The average Bonchev–Trinajstić information content (AvgIpc) is 2.58. The van der Waals surface area contributed by atoms with Crippen molar-refractivity contribution in [1.82, 2.24) is 15.0 Å². The molecule has 0 bridgehead atoms. The molecule has 0 spiro atoms. The topological polar surface area (TPSA) is 93.1 Å². The molecule has 1 fully saturated rings. The summed E-state index contributed by atoms with van der Waals surface area (Å²) in [7, 11) is -4.80. The Morgan fingerprint density at radius 3 is 2.22 bits per heavy atom. The van der Waals surface area contributed by atoms with Crippen LogP contribution in [0, 0.1) is 0 Å². The predicted molar refractivity (Wildman–Crippen MR) is 60.6 cm³/mol. The Morgan fingerprint density at radius 1 is 1.22 bits per heavy atom. The molecule has 0 saturated carbocycles. The maximum atomic E-state index is 12.8. The SMILES string of the molecule is O=C1CC(S(=O)(=O)F)CN1c1nc(Cl)nc(Cl)n1. The molecule has 0 aliphatic carbocycles. The first-order valence-corrected chi connectivity index (χ1v) is 6.78. The van der Waals surface area contributed by atoms with Crippen molar-refractivity contribution >= 4 is 45.3 Å². The third-order valence-electron chi connectivity index (χ3n) is 2.30. The van der Waals surface area contributed by atoms with Crippen LogP contribution in [0.3, 0.4) is 0 Å². The average molecular weight is 315 g/mol. The third-order valence-corrected chi connectivity index (χ3v) is 3.75. The lowest BCUT2D eigenvalue weighted by Crippen LogP contribution is -2.28. The van der Waals surface area contributed by atoms with Crippen molar-refractivity contribution in [3.63, 3.8) is 0 Å². The molecule has 2 rings (SSSR count). The molecule has 7 nitrogen and oxygen atoms in total. The second-order valence-corrected chi connectivity index (χ2v) is 5.77. The van der Waals surface area contributed by atoms with Gasteiger partial charge in [-0.2, -0.15) is 23.4 Å². The third kappa shape index (κ3) is 2.68. The molecule has 0 radical (unpaired) electrons. The van der Waals surface area contributed by atoms with Crippen molar-refractivity contribution in [2.24, 2.45) is 0 Å². The van der Waals surface area contributed by atoms with E-state index in [2.05, 4.69) is 15.0 Å². The van der Waals surface area contributed by atoms with E-state index in [1.807, 2.05) is 0 Å². The summed E-state index contributed by atoms with van der Waals surface area (Å²) in [6, 6.07) is 0. The van der Waals surface area contributed by atoms with E-state index in [0.717, 1.165) is 4.90 Å². The molecular formula is C7H5Cl2FN4O3S. The molecule has 1 saturated heterocycles. The molecule has 1 aromatic rings. The summed E-state index contributed by atoms with van der Waals surface area (Å²) < 4.78 is 34.3. The van der Waals surface area contributed by atoms with Crippen molar-refractivity contribution in [2.45, 2.75) is 11.7 Å². The van der Waals surface area contributed by atoms with Gasteiger partial charge < -0.3 is 0 Å². The van der Waals surface area contributed by atoms with Gasteiger partial charge in [0, 0.05) is 13.0 Å². The van der Waals surface area contributed by atoms with Gasteiger partial charge in [0.15, 0.2) is 0 Å². The Hall–Kier alpha value is -1.06. The standard InChI is InChI=1S/C7H5Cl2FN4O3S/c8-5-11-6(9)13-7(12-5)14-2-3(1-4(14)15)18(10,16)17/h3H,1-2H2. The summed E-state index contributed by atoms with van der Waals surface area (Å²) in [5, 5.41) is -1.92. The van der Waals surface area contributed by atoms with Crippen LogP contribution in [0.4, 0.5) is 9.83 Å². The minimum atomic E-state index is -4.80. The quantitative estimate of drug-likeness (QED) is 0.741. The van der Waals surface area contributed by atoms with Crippen LogP contribution in [-0.2, 0) is 15.0 Å². The molecule has 98 valence electrons. The van der Waals surface area contributed by atoms with Crippen LogP contribution in [0.2, 0.25) is 10.6 Å². The smallest absolute Gasteiger partial charge is 0.279 e. The zero-order chi connectivity index (χ0) is 13.5. The number of halogens is 3. The zero-order valence-corrected chi connectivity index (χ0v) is 10.9. The van der Waals surface area contributed by atoms with E-state index < -0.39 is 27.8 Å². The number of rotatable bonds is 2. The Bertz CT molecular complexity index is 590. The number of carbonyl (C=O) groups is 1. The lowest BCUT2D eigenvalue weighted by Gasteiger charge is -2.13. The summed E-state index contributed by atoms with van der Waals surface area (Å²) >= 11 is 11.1. The number of hydrogen-bond donors (Lipinski definition) is 0. The van der Waals surface area contributed by atoms with Gasteiger partial charge in [-0.05, 0) is 23.2 Å². The zero-order valence-electron chi connectivity index (χ0n) is 8.55. The van der Waals surface area contributed by atoms with Crippen LogP contribution in [0.15, 0.2) is 0 Å². The Balaban J connectivity index is 2.32. The molecule has 18 heavy (non-hydrogen) atoms. The second kappa shape index (κ2) is 4.56. The van der Waals surface area contributed by atoms with E-state index in [-0.39, 0.29) is 23.1 Å². The lowest BCUT2D eigenvalue weighted by atomic mass is 10.4. The summed E-state index contributed by atoms with van der Waals surface area (Å²) in [6.45, 7) is -0.381. The highest BCUT2D eigenvalue weighted by Gasteiger charge is 2.40. The second-order valence-electron chi connectivity index (χ2n) is 3.48. The maximum absolute atomic E-state index is 12.8. The molecule has 0 N–H and O–H groups in total. The van der Waals surface area contributed by atoms with Gasteiger partial charge in [-0.1, -0.05) is 0 Å². The van der Waals surface area contributed by atoms with Crippen LogP contribution < -0.4 is 4.90 Å². The minimum absolute atomic E-state index is 0.198. The van der Waals surface area contributed by atoms with Crippen LogP contribution in [0.25, 0.3) is 0 Å². The Morgan fingerprint density at radius 2 is 1.78 bits per heavy atom. The molecular weight excluding hydrogens is 310 g/mol. The van der Waals surface area contributed by atoms with Gasteiger partial charge >= 0.3 is 10.2 Å². The van der Waals surface area contributed by atoms with Crippen LogP contribution in [0.5, 0.6) is 0 Å². The molecule has 1 amide bonds. The van der Waals surface area contributed by atoms with Crippen molar-refractivity contribution in [2.75, 3.05) is 11.4 Å². The highest BCUT2D eigenvalue weighted by molar-refractivity contribution is 7.87. The highest BCUT2D eigenvalue weighted by atomic mass is 35.5. The van der Waals surface area contributed by atoms with Gasteiger partial charge in [-0.15, -0.1) is 3.89 Å². The fourth-order valence-corrected chi connectivity index (χ4v) is 2.52. The van der Waals surface area contributed by atoms with Gasteiger partial charge in [-0.3, -0.25) is 9.69 Å². The molecule has 1 aliphatic heterocycles. The fraction of sp³-hybridized carbons (Fsp3) is 0.429. The molecule has 2 heterocycles. The summed E-state index contributed by atoms with van der Waals surface area (Å²) in [5.41, 5.74) is 0. The van der Waals surface area contributed by atoms with E-state index in [9.17, 15) is 17.1 Å². The number of hydrogen-bond acceptors (Lipinski definition) is 6. The Kier molecular flexibility index (Phi) is 3.39. The summed E-state index contributed by atoms with van der Waals surface area (Å²) in [4.78, 5) is 23.2. The van der Waals surface area contributed by atoms with E-state index in [0.29, 0.717) is 0 Å². The Labute approximate surface area is 111 Å². The van der Waals surface area contributed by atoms with Gasteiger partial charge in [0.2, 0.25) is 22.4 Å². The predicted octanol–water partition coefficient (Wildman–Crippen LogP) is 0.583. The van der Waals surface area contributed by atoms with Crippen molar-refractivity contribution in [3.05, 3.63) is 10.6 Å². The minimum Gasteiger partial charge on any atom is -0.279 e.